The molecule has 166 valence electrons. The Bertz CT molecular complexity index is 1110. The van der Waals surface area contributed by atoms with Crippen LogP contribution >= 0.6 is 27.5 Å². The number of methoxy groups -OCH3 is 1. The zero-order chi connectivity index (χ0) is 22.6. The summed E-state index contributed by atoms with van der Waals surface area (Å²) in [6.45, 7) is 0. The number of anilines is 2. The number of carbonyl (C=O) groups excluding carboxylic acids is 3. The molecule has 2 amide bonds. The highest BCUT2D eigenvalue weighted by Crippen LogP contribution is 2.60. The van der Waals surface area contributed by atoms with Gasteiger partial charge in [-0.3, -0.25) is 14.4 Å². The van der Waals surface area contributed by atoms with Crippen molar-refractivity contribution in [2.45, 2.75) is 17.4 Å². The molecule has 3 fully saturated rings. The first-order valence-corrected chi connectivity index (χ1v) is 11.6. The molecule has 1 saturated heterocycles. The van der Waals surface area contributed by atoms with E-state index >= 15 is 0 Å². The molecule has 2 bridgehead atoms. The predicted octanol–water partition coefficient (Wildman–Crippen LogP) is 4.11. The maximum Gasteiger partial charge on any atom is 0.310 e. The Hall–Kier alpha value is -2.58. The maximum absolute atomic E-state index is 13.0. The van der Waals surface area contributed by atoms with Gasteiger partial charge in [0.25, 0.3) is 5.91 Å². The molecule has 2 aromatic rings. The average Bonchev–Trinajstić information content (AvgIpc) is 3.39. The van der Waals surface area contributed by atoms with Crippen LogP contribution in [0.15, 0.2) is 42.5 Å². The third-order valence-electron chi connectivity index (χ3n) is 6.65. The first-order chi connectivity index (χ1) is 15.4. The summed E-state index contributed by atoms with van der Waals surface area (Å²) in [5.74, 6) is -0.876. The van der Waals surface area contributed by atoms with Gasteiger partial charge in [0.1, 0.15) is 11.9 Å². The summed E-state index contributed by atoms with van der Waals surface area (Å²) in [7, 11) is 1.51. The van der Waals surface area contributed by atoms with E-state index in [2.05, 4.69) is 26.6 Å². The van der Waals surface area contributed by atoms with Crippen molar-refractivity contribution in [1.29, 1.82) is 0 Å². The van der Waals surface area contributed by atoms with E-state index in [0.717, 1.165) is 6.42 Å². The van der Waals surface area contributed by atoms with Gasteiger partial charge >= 0.3 is 5.97 Å². The minimum Gasteiger partial charge on any atom is -0.495 e. The molecule has 2 aliphatic carbocycles. The van der Waals surface area contributed by atoms with Gasteiger partial charge in [0, 0.05) is 22.2 Å². The lowest BCUT2D eigenvalue weighted by Gasteiger charge is -2.27. The molecule has 9 heteroatoms. The average molecular weight is 520 g/mol. The molecule has 2 aromatic carbocycles. The minimum absolute atomic E-state index is 0.0144. The van der Waals surface area contributed by atoms with E-state index in [1.807, 2.05) is 0 Å². The van der Waals surface area contributed by atoms with Gasteiger partial charge in [-0.1, -0.05) is 27.5 Å². The molecular weight excluding hydrogens is 500 g/mol. The molecular formula is C23H20BrClN2O5. The van der Waals surface area contributed by atoms with Crippen molar-refractivity contribution in [1.82, 2.24) is 0 Å². The third-order valence-corrected chi connectivity index (χ3v) is 8.09. The van der Waals surface area contributed by atoms with Crippen LogP contribution in [0.25, 0.3) is 0 Å². The quantitative estimate of drug-likeness (QED) is 0.458. The molecule has 7 nitrogen and oxygen atoms in total. The lowest BCUT2D eigenvalue weighted by Crippen LogP contribution is -2.40. The molecule has 3 aliphatic rings. The molecule has 0 radical (unpaired) electrons. The highest BCUT2D eigenvalue weighted by atomic mass is 79.9. The van der Waals surface area contributed by atoms with E-state index in [-0.39, 0.29) is 46.5 Å². The maximum atomic E-state index is 13.0. The molecule has 5 rings (SSSR count). The summed E-state index contributed by atoms with van der Waals surface area (Å²) in [5.41, 5.74) is 1.43. The highest BCUT2D eigenvalue weighted by molar-refractivity contribution is 9.09. The fourth-order valence-corrected chi connectivity index (χ4v) is 6.45. The molecule has 2 saturated carbocycles. The van der Waals surface area contributed by atoms with Crippen LogP contribution in [0.1, 0.15) is 16.8 Å². The number of carbonyl (C=O) groups is 3. The van der Waals surface area contributed by atoms with Crippen molar-refractivity contribution in [2.24, 2.45) is 23.7 Å². The first-order valence-electron chi connectivity index (χ1n) is 10.3. The van der Waals surface area contributed by atoms with Crippen LogP contribution in [0.4, 0.5) is 11.4 Å². The summed E-state index contributed by atoms with van der Waals surface area (Å²) >= 11 is 9.63. The van der Waals surface area contributed by atoms with Crippen molar-refractivity contribution < 1.29 is 23.9 Å². The van der Waals surface area contributed by atoms with Crippen LogP contribution in [0.2, 0.25) is 5.02 Å². The van der Waals surface area contributed by atoms with Gasteiger partial charge in [-0.2, -0.15) is 0 Å². The number of esters is 1. The lowest BCUT2D eigenvalue weighted by atomic mass is 9.79. The number of hydrogen-bond donors (Lipinski definition) is 2. The SMILES string of the molecule is COc1ccc(Cl)cc1NC(=O)c1ccc(NC(=O)[C@@H]2[C@H]3C[C@H]4[C@H](OC(=O)[C@@H]42)[C@@H]3Br)cc1. The Kier molecular flexibility index (Phi) is 5.37. The van der Waals surface area contributed by atoms with E-state index in [0.29, 0.717) is 27.7 Å². The van der Waals surface area contributed by atoms with Crippen LogP contribution in [0.5, 0.6) is 5.75 Å². The van der Waals surface area contributed by atoms with E-state index < -0.39 is 5.92 Å². The van der Waals surface area contributed by atoms with Gasteiger partial charge in [-0.05, 0) is 54.8 Å². The Labute approximate surface area is 197 Å². The second-order valence-electron chi connectivity index (χ2n) is 8.33. The van der Waals surface area contributed by atoms with Crippen LogP contribution in [-0.2, 0) is 14.3 Å². The molecule has 2 N–H and O–H groups in total. The lowest BCUT2D eigenvalue weighted by molar-refractivity contribution is -0.145. The number of rotatable bonds is 5. The largest absolute Gasteiger partial charge is 0.495 e. The summed E-state index contributed by atoms with van der Waals surface area (Å²) in [6.07, 6.45) is 0.707. The summed E-state index contributed by atoms with van der Waals surface area (Å²) in [4.78, 5) is 37.9. The van der Waals surface area contributed by atoms with E-state index in [1.165, 1.54) is 7.11 Å². The summed E-state index contributed by atoms with van der Waals surface area (Å²) in [6, 6.07) is 11.5. The van der Waals surface area contributed by atoms with Gasteiger partial charge in [0.2, 0.25) is 5.91 Å². The summed E-state index contributed by atoms with van der Waals surface area (Å²) in [5, 5.41) is 6.15. The van der Waals surface area contributed by atoms with Gasteiger partial charge < -0.3 is 20.1 Å². The van der Waals surface area contributed by atoms with Crippen molar-refractivity contribution in [3.8, 4) is 5.75 Å². The van der Waals surface area contributed by atoms with Crippen molar-refractivity contribution >= 4 is 56.7 Å². The van der Waals surface area contributed by atoms with E-state index in [1.54, 1.807) is 42.5 Å². The fourth-order valence-electron chi connectivity index (χ4n) is 5.23. The van der Waals surface area contributed by atoms with Crippen molar-refractivity contribution in [2.75, 3.05) is 17.7 Å². The topological polar surface area (TPSA) is 93.7 Å². The standard InChI is InChI=1S/C23H20BrClN2O5/c1-31-16-7-4-11(25)8-15(16)27-21(28)10-2-5-12(6-3-10)26-22(29)17-13-9-14-18(17)23(30)32-20(14)19(13)24/h2-8,13-14,17-20H,9H2,1H3,(H,26,29)(H,27,28)/t13-,14-,17-,18+,19-,20+/m1/s1. The number of benzene rings is 2. The predicted molar refractivity (Wildman–Crippen MR) is 122 cm³/mol. The van der Waals surface area contributed by atoms with E-state index in [4.69, 9.17) is 21.1 Å². The van der Waals surface area contributed by atoms with E-state index in [9.17, 15) is 14.4 Å². The molecule has 1 heterocycles. The van der Waals surface area contributed by atoms with Crippen molar-refractivity contribution in [3.05, 3.63) is 53.1 Å². The Morgan fingerprint density at radius 1 is 1.12 bits per heavy atom. The highest BCUT2D eigenvalue weighted by Gasteiger charge is 2.67. The Morgan fingerprint density at radius 3 is 2.59 bits per heavy atom. The molecule has 0 spiro atoms. The van der Waals surface area contributed by atoms with Gasteiger partial charge in [0.05, 0.1) is 29.5 Å². The number of halogens is 2. The monoisotopic (exact) mass is 518 g/mol. The van der Waals surface area contributed by atoms with Crippen LogP contribution in [0, 0.1) is 23.7 Å². The Morgan fingerprint density at radius 2 is 1.88 bits per heavy atom. The van der Waals surface area contributed by atoms with Gasteiger partial charge in [-0.15, -0.1) is 0 Å². The number of ether oxygens (including phenoxy) is 2. The Balaban J connectivity index is 1.26. The number of amides is 2. The number of hydrogen-bond acceptors (Lipinski definition) is 5. The molecule has 32 heavy (non-hydrogen) atoms. The second kappa shape index (κ2) is 8.08. The van der Waals surface area contributed by atoms with Crippen LogP contribution in [0.3, 0.4) is 0 Å². The fraction of sp³-hybridized carbons (Fsp3) is 0.348. The smallest absolute Gasteiger partial charge is 0.310 e. The van der Waals surface area contributed by atoms with Gasteiger partial charge in [0.15, 0.2) is 0 Å². The molecule has 1 aliphatic heterocycles. The number of fused-ring (bicyclic) bond motifs is 1. The molecule has 0 aromatic heterocycles. The number of nitrogens with one attached hydrogen (secondary N) is 2. The first kappa shape index (κ1) is 21.3. The zero-order valence-electron chi connectivity index (χ0n) is 17.0. The van der Waals surface area contributed by atoms with Gasteiger partial charge in [-0.25, -0.2) is 0 Å². The van der Waals surface area contributed by atoms with Crippen molar-refractivity contribution in [3.63, 3.8) is 0 Å². The second-order valence-corrected chi connectivity index (χ2v) is 9.82. The molecule has 0 unspecified atom stereocenters. The van der Waals surface area contributed by atoms with Crippen LogP contribution in [-0.4, -0.2) is 35.8 Å². The number of alkyl halides is 1. The molecule has 6 atom stereocenters. The minimum atomic E-state index is -0.408. The normalized spacial score (nSPS) is 29.5. The van der Waals surface area contributed by atoms with Crippen LogP contribution < -0.4 is 15.4 Å². The third kappa shape index (κ3) is 3.46. The summed E-state index contributed by atoms with van der Waals surface area (Å²) < 4.78 is 10.7. The zero-order valence-corrected chi connectivity index (χ0v) is 19.4.